The predicted octanol–water partition coefficient (Wildman–Crippen LogP) is 3.40. The van der Waals surface area contributed by atoms with E-state index in [1.165, 1.54) is 0 Å². The van der Waals surface area contributed by atoms with Crippen LogP contribution in [-0.2, 0) is 9.53 Å². The number of carbonyl (C=O) groups is 1. The van der Waals surface area contributed by atoms with Crippen molar-refractivity contribution in [3.63, 3.8) is 0 Å². The van der Waals surface area contributed by atoms with E-state index in [-0.39, 0.29) is 30.5 Å². The van der Waals surface area contributed by atoms with E-state index in [1.54, 1.807) is 18.2 Å². The van der Waals surface area contributed by atoms with Crippen LogP contribution < -0.4 is 15.4 Å². The highest BCUT2D eigenvalue weighted by molar-refractivity contribution is 6.31. The van der Waals surface area contributed by atoms with E-state index in [0.29, 0.717) is 29.5 Å². The summed E-state index contributed by atoms with van der Waals surface area (Å²) in [7, 11) is 0. The summed E-state index contributed by atoms with van der Waals surface area (Å²) in [6.07, 6.45) is 4.88. The molecule has 1 amide bonds. The van der Waals surface area contributed by atoms with Gasteiger partial charge in [-0.25, -0.2) is 0 Å². The average Bonchev–Trinajstić information content (AvgIpc) is 3.19. The highest BCUT2D eigenvalue weighted by Gasteiger charge is 2.20. The van der Waals surface area contributed by atoms with E-state index in [0.717, 1.165) is 38.8 Å². The van der Waals surface area contributed by atoms with E-state index in [4.69, 9.17) is 21.1 Å². The van der Waals surface area contributed by atoms with Crippen molar-refractivity contribution < 1.29 is 14.3 Å². The first-order valence-electron chi connectivity index (χ1n) is 8.28. The van der Waals surface area contributed by atoms with Gasteiger partial charge in [-0.1, -0.05) is 11.6 Å². The molecular formula is C17H24Cl2N2O3. The fourth-order valence-corrected chi connectivity index (χ4v) is 3.21. The highest BCUT2D eigenvalue weighted by atomic mass is 35.5. The minimum absolute atomic E-state index is 0. The van der Waals surface area contributed by atoms with E-state index >= 15 is 0 Å². The van der Waals surface area contributed by atoms with Crippen LogP contribution in [0, 0.1) is 0 Å². The predicted molar refractivity (Wildman–Crippen MR) is 97.4 cm³/mol. The Morgan fingerprint density at radius 2 is 2.25 bits per heavy atom. The van der Waals surface area contributed by atoms with Crippen LogP contribution in [0.15, 0.2) is 18.2 Å². The number of ether oxygens (including phenoxy) is 2. The number of carbonyl (C=O) groups excluding carboxylic acids is 1. The quantitative estimate of drug-likeness (QED) is 0.800. The van der Waals surface area contributed by atoms with Crippen molar-refractivity contribution in [2.24, 2.45) is 0 Å². The smallest absolute Gasteiger partial charge is 0.226 e. The van der Waals surface area contributed by atoms with Crippen LogP contribution in [0.4, 0.5) is 5.69 Å². The Bertz CT molecular complexity index is 545. The third-order valence-electron chi connectivity index (χ3n) is 4.26. The second-order valence-electron chi connectivity index (χ2n) is 6.13. The van der Waals surface area contributed by atoms with Gasteiger partial charge in [0.15, 0.2) is 0 Å². The van der Waals surface area contributed by atoms with Gasteiger partial charge >= 0.3 is 0 Å². The molecule has 0 aliphatic carbocycles. The van der Waals surface area contributed by atoms with Gasteiger partial charge in [0.2, 0.25) is 5.91 Å². The zero-order valence-electron chi connectivity index (χ0n) is 13.6. The van der Waals surface area contributed by atoms with Crippen LogP contribution in [0.3, 0.4) is 0 Å². The van der Waals surface area contributed by atoms with Gasteiger partial charge < -0.3 is 20.1 Å². The summed E-state index contributed by atoms with van der Waals surface area (Å²) in [4.78, 5) is 12.2. The number of anilines is 1. The summed E-state index contributed by atoms with van der Waals surface area (Å²) in [6, 6.07) is 5.55. The molecule has 2 atom stereocenters. The molecule has 5 nitrogen and oxygen atoms in total. The SMILES string of the molecule is Cl.O=C(CC1CCCN1)Nc1cc(Cl)ccc1OCC1CCCO1. The fourth-order valence-electron chi connectivity index (χ4n) is 3.04. The van der Waals surface area contributed by atoms with Crippen LogP contribution in [0.1, 0.15) is 32.1 Å². The molecular weight excluding hydrogens is 351 g/mol. The van der Waals surface area contributed by atoms with E-state index in [1.807, 2.05) is 0 Å². The summed E-state index contributed by atoms with van der Waals surface area (Å²) >= 11 is 6.05. The van der Waals surface area contributed by atoms with Crippen molar-refractivity contribution in [1.29, 1.82) is 0 Å². The zero-order valence-corrected chi connectivity index (χ0v) is 15.1. The molecule has 0 bridgehead atoms. The largest absolute Gasteiger partial charge is 0.489 e. The molecule has 7 heteroatoms. The fraction of sp³-hybridized carbons (Fsp3) is 0.588. The van der Waals surface area contributed by atoms with Gasteiger partial charge in [0.25, 0.3) is 0 Å². The summed E-state index contributed by atoms with van der Waals surface area (Å²) in [5.74, 6) is 0.617. The number of nitrogens with one attached hydrogen (secondary N) is 2. The molecule has 0 radical (unpaired) electrons. The van der Waals surface area contributed by atoms with Crippen LogP contribution >= 0.6 is 24.0 Å². The first-order chi connectivity index (χ1) is 11.2. The van der Waals surface area contributed by atoms with E-state index in [2.05, 4.69) is 10.6 Å². The lowest BCUT2D eigenvalue weighted by Crippen LogP contribution is -2.27. The minimum Gasteiger partial charge on any atom is -0.489 e. The van der Waals surface area contributed by atoms with Gasteiger partial charge in [-0.2, -0.15) is 0 Å². The molecule has 3 rings (SSSR count). The average molecular weight is 375 g/mol. The lowest BCUT2D eigenvalue weighted by molar-refractivity contribution is -0.116. The number of amides is 1. The molecule has 0 saturated carbocycles. The van der Waals surface area contributed by atoms with E-state index < -0.39 is 0 Å². The van der Waals surface area contributed by atoms with Gasteiger partial charge in [0.1, 0.15) is 12.4 Å². The monoisotopic (exact) mass is 374 g/mol. The molecule has 2 unspecified atom stereocenters. The molecule has 1 aromatic carbocycles. The molecule has 2 aliphatic heterocycles. The summed E-state index contributed by atoms with van der Waals surface area (Å²) in [5, 5.41) is 6.82. The number of hydrogen-bond donors (Lipinski definition) is 2. The van der Waals surface area contributed by atoms with Gasteiger partial charge in [-0.3, -0.25) is 4.79 Å². The number of hydrogen-bond acceptors (Lipinski definition) is 4. The molecule has 1 aromatic rings. The third kappa shape index (κ3) is 5.52. The highest BCUT2D eigenvalue weighted by Crippen LogP contribution is 2.29. The van der Waals surface area contributed by atoms with Crippen molar-refractivity contribution in [3.8, 4) is 5.75 Å². The van der Waals surface area contributed by atoms with Crippen LogP contribution in [0.2, 0.25) is 5.02 Å². The third-order valence-corrected chi connectivity index (χ3v) is 4.49. The summed E-state index contributed by atoms with van der Waals surface area (Å²) < 4.78 is 11.4. The first kappa shape index (κ1) is 19.3. The van der Waals surface area contributed by atoms with E-state index in [9.17, 15) is 4.79 Å². The Balaban J connectivity index is 0.00000208. The standard InChI is InChI=1S/C17H23ClN2O3.ClH/c18-12-5-6-16(23-11-14-4-2-8-22-14)15(9-12)20-17(21)10-13-3-1-7-19-13;/h5-6,9,13-14,19H,1-4,7-8,10-11H2,(H,20,21);1H. The first-order valence-corrected chi connectivity index (χ1v) is 8.66. The van der Waals surface area contributed by atoms with Crippen molar-refractivity contribution in [2.45, 2.75) is 44.2 Å². The Labute approximate surface area is 153 Å². The number of benzene rings is 1. The Hall–Kier alpha value is -1.01. The van der Waals surface area contributed by atoms with Crippen LogP contribution in [-0.4, -0.2) is 37.8 Å². The lowest BCUT2D eigenvalue weighted by Gasteiger charge is -2.16. The number of rotatable bonds is 6. The van der Waals surface area contributed by atoms with Crippen molar-refractivity contribution >= 4 is 35.6 Å². The zero-order chi connectivity index (χ0) is 16.1. The maximum Gasteiger partial charge on any atom is 0.226 e. The Morgan fingerprint density at radius 1 is 1.38 bits per heavy atom. The maximum atomic E-state index is 12.2. The molecule has 2 heterocycles. The summed E-state index contributed by atoms with van der Waals surface area (Å²) in [5.41, 5.74) is 0.624. The van der Waals surface area contributed by atoms with Gasteiger partial charge in [-0.15, -0.1) is 12.4 Å². The van der Waals surface area contributed by atoms with Crippen molar-refractivity contribution in [2.75, 3.05) is 25.1 Å². The molecule has 24 heavy (non-hydrogen) atoms. The van der Waals surface area contributed by atoms with Crippen LogP contribution in [0.25, 0.3) is 0 Å². The number of halogens is 2. The molecule has 2 aliphatic rings. The Kier molecular flexibility index (Phi) is 7.62. The normalized spacial score (nSPS) is 22.9. The minimum atomic E-state index is -0.0198. The van der Waals surface area contributed by atoms with Crippen molar-refractivity contribution in [1.82, 2.24) is 5.32 Å². The second-order valence-corrected chi connectivity index (χ2v) is 6.57. The van der Waals surface area contributed by atoms with Gasteiger partial charge in [0.05, 0.1) is 11.8 Å². The van der Waals surface area contributed by atoms with Gasteiger partial charge in [-0.05, 0) is 50.4 Å². The second kappa shape index (κ2) is 9.47. The molecule has 2 fully saturated rings. The summed E-state index contributed by atoms with van der Waals surface area (Å²) in [6.45, 7) is 2.28. The maximum absolute atomic E-state index is 12.2. The molecule has 0 spiro atoms. The molecule has 0 aromatic heterocycles. The van der Waals surface area contributed by atoms with Gasteiger partial charge in [0, 0.05) is 24.1 Å². The Morgan fingerprint density at radius 3 is 2.96 bits per heavy atom. The molecule has 2 saturated heterocycles. The lowest BCUT2D eigenvalue weighted by atomic mass is 10.1. The van der Waals surface area contributed by atoms with Crippen LogP contribution in [0.5, 0.6) is 5.75 Å². The van der Waals surface area contributed by atoms with Crippen molar-refractivity contribution in [3.05, 3.63) is 23.2 Å². The molecule has 2 N–H and O–H groups in total. The topological polar surface area (TPSA) is 59.6 Å². The molecule has 134 valence electrons.